The number of aryl methyl sites for hydroxylation is 6. The first kappa shape index (κ1) is 54.5. The molecule has 1 unspecified atom stereocenters. The van der Waals surface area contributed by atoms with Crippen molar-refractivity contribution in [3.8, 4) is 5.69 Å². The Bertz CT molecular complexity index is 4110. The van der Waals surface area contributed by atoms with E-state index in [-0.39, 0.29) is 24.3 Å². The summed E-state index contributed by atoms with van der Waals surface area (Å²) < 4.78 is 2.67. The number of nitrogens with zero attached hydrogens (tertiary/aromatic N) is 4. The summed E-state index contributed by atoms with van der Waals surface area (Å²) in [4.78, 5) is 7.73. The molecule has 11 aromatic rings. The highest BCUT2D eigenvalue weighted by Crippen LogP contribution is 2.50. The standard InChI is InChI=1S/C78H76B2N4/c1-51-44-53(3)71(54(4)45-51)79-43-42-78(13,77(10,11)12)84-68-41-40-57(76(7,8)9)48-65(68)80(72-55(5)46-52(2)47-56(72)6)67-50-62(49-66(79)75(67)84)83-73-63(36-26-38-69(73)81(58-28-18-14-19-29-58)59-30-20-15-21-31-59)64-37-27-39-70(74(64)83)82(60-32-22-16-23-33-60)61-34-24-17-25-35-61/h14-50H,1-13H3. The van der Waals surface area contributed by atoms with Crippen LogP contribution in [0.1, 0.15) is 87.4 Å². The van der Waals surface area contributed by atoms with Gasteiger partial charge in [0.1, 0.15) is 0 Å². The fraction of sp³-hybridized carbons (Fsp3) is 0.205. The molecule has 10 aromatic carbocycles. The van der Waals surface area contributed by atoms with E-state index >= 15 is 0 Å². The van der Waals surface area contributed by atoms with Crippen molar-refractivity contribution < 1.29 is 0 Å². The van der Waals surface area contributed by atoms with E-state index < -0.39 is 5.54 Å². The Balaban J connectivity index is 1.27. The Kier molecular flexibility index (Phi) is 13.3. The Morgan fingerprint density at radius 2 is 0.857 bits per heavy atom. The fourth-order valence-corrected chi connectivity index (χ4v) is 14.5. The molecule has 4 nitrogen and oxygen atoms in total. The molecule has 6 heteroatoms. The first-order valence-corrected chi connectivity index (χ1v) is 30.2. The SMILES string of the molecule is Cc1cc(C)c(B2C=CC(C)(C(C)(C)C)N3c4ccc(C(C)(C)C)cc4B(c4c(C)cc(C)cc4C)c4cc(-n5c6c(N(c7ccccc7)c7ccccc7)cccc6c6cccc(N(c7ccccc7)c7ccccc7)c65)cc2c43)c(C)c1. The second kappa shape index (κ2) is 20.6. The number of fused-ring (bicyclic) bond motifs is 5. The van der Waals surface area contributed by atoms with E-state index in [2.05, 4.69) is 334 Å². The quantitative estimate of drug-likeness (QED) is 0.134. The van der Waals surface area contributed by atoms with E-state index in [0.717, 1.165) is 50.8 Å². The molecule has 3 heterocycles. The molecular weight excluding hydrogens is 1010 g/mol. The van der Waals surface area contributed by atoms with Gasteiger partial charge >= 0.3 is 0 Å². The average Bonchev–Trinajstić information content (AvgIpc) is 1.37. The van der Waals surface area contributed by atoms with Crippen molar-refractivity contribution in [3.63, 3.8) is 0 Å². The number of anilines is 8. The largest absolute Gasteiger partial charge is 0.333 e. The maximum absolute atomic E-state index is 2.80. The summed E-state index contributed by atoms with van der Waals surface area (Å²) in [5, 5.41) is 2.35. The highest BCUT2D eigenvalue weighted by atomic mass is 15.2. The molecule has 13 rings (SSSR count). The van der Waals surface area contributed by atoms with Crippen LogP contribution >= 0.6 is 0 Å². The number of hydrogen-bond donors (Lipinski definition) is 0. The van der Waals surface area contributed by atoms with Crippen LogP contribution in [0.25, 0.3) is 27.5 Å². The zero-order chi connectivity index (χ0) is 58.6. The topological polar surface area (TPSA) is 14.7 Å². The number of para-hydroxylation sites is 6. The maximum Gasteiger partial charge on any atom is 0.247 e. The zero-order valence-electron chi connectivity index (χ0n) is 51.3. The second-order valence-electron chi connectivity index (χ2n) is 26.3. The summed E-state index contributed by atoms with van der Waals surface area (Å²) in [7, 11) is 0. The molecule has 0 saturated carbocycles. The van der Waals surface area contributed by atoms with Crippen molar-refractivity contribution in [3.05, 3.63) is 263 Å². The number of aromatic nitrogens is 1. The van der Waals surface area contributed by atoms with Gasteiger partial charge in [0.15, 0.2) is 0 Å². The summed E-state index contributed by atoms with van der Waals surface area (Å²) in [5.74, 6) is 2.59. The van der Waals surface area contributed by atoms with Crippen LogP contribution in [0.2, 0.25) is 0 Å². The second-order valence-corrected chi connectivity index (χ2v) is 26.3. The lowest BCUT2D eigenvalue weighted by Crippen LogP contribution is -2.65. The molecular formula is C78H76B2N4. The van der Waals surface area contributed by atoms with Gasteiger partial charge in [-0.15, -0.1) is 5.98 Å². The third-order valence-electron chi connectivity index (χ3n) is 18.7. The highest BCUT2D eigenvalue weighted by Gasteiger charge is 2.51. The molecule has 0 spiro atoms. The van der Waals surface area contributed by atoms with Crippen LogP contribution in [0, 0.1) is 47.0 Å². The molecule has 84 heavy (non-hydrogen) atoms. The van der Waals surface area contributed by atoms with E-state index in [4.69, 9.17) is 0 Å². The van der Waals surface area contributed by atoms with Crippen molar-refractivity contribution >= 4 is 108 Å². The molecule has 0 N–H and O–H groups in total. The zero-order valence-corrected chi connectivity index (χ0v) is 51.3. The summed E-state index contributed by atoms with van der Waals surface area (Å²) in [6.45, 7) is 30.6. The van der Waals surface area contributed by atoms with Crippen molar-refractivity contribution in [2.75, 3.05) is 14.7 Å². The van der Waals surface area contributed by atoms with Crippen LogP contribution in [0.3, 0.4) is 0 Å². The molecule has 0 radical (unpaired) electrons. The van der Waals surface area contributed by atoms with Crippen molar-refractivity contribution in [2.45, 2.75) is 101 Å². The fourth-order valence-electron chi connectivity index (χ4n) is 14.5. The predicted octanol–water partition coefficient (Wildman–Crippen LogP) is 17.4. The third-order valence-corrected chi connectivity index (χ3v) is 18.7. The third kappa shape index (κ3) is 8.91. The van der Waals surface area contributed by atoms with Gasteiger partial charge in [0.25, 0.3) is 0 Å². The minimum absolute atomic E-state index is 0.0929. The molecule has 414 valence electrons. The molecule has 2 aliphatic rings. The van der Waals surface area contributed by atoms with Crippen molar-refractivity contribution in [2.24, 2.45) is 5.41 Å². The molecule has 2 aliphatic heterocycles. The minimum Gasteiger partial charge on any atom is -0.333 e. The molecule has 0 bridgehead atoms. The first-order chi connectivity index (χ1) is 40.3. The van der Waals surface area contributed by atoms with Crippen LogP contribution in [0.4, 0.5) is 45.5 Å². The van der Waals surface area contributed by atoms with Crippen LogP contribution < -0.4 is 42.0 Å². The monoisotopic (exact) mass is 1090 g/mol. The van der Waals surface area contributed by atoms with Crippen LogP contribution in [0.5, 0.6) is 0 Å². The van der Waals surface area contributed by atoms with Gasteiger partial charge in [0.05, 0.1) is 27.9 Å². The van der Waals surface area contributed by atoms with E-state index in [1.807, 2.05) is 0 Å². The lowest BCUT2D eigenvalue weighted by Gasteiger charge is -2.53. The van der Waals surface area contributed by atoms with Crippen molar-refractivity contribution in [1.29, 1.82) is 0 Å². The molecule has 0 saturated heterocycles. The van der Waals surface area contributed by atoms with Gasteiger partial charge in [-0.2, -0.15) is 0 Å². The Labute approximate surface area is 499 Å². The Morgan fingerprint density at radius 1 is 0.429 bits per heavy atom. The summed E-state index contributed by atoms with van der Waals surface area (Å²) in [5.41, 5.74) is 27.6. The summed E-state index contributed by atoms with van der Waals surface area (Å²) in [6.07, 6.45) is 2.59. The Hall–Kier alpha value is -8.73. The van der Waals surface area contributed by atoms with Gasteiger partial charge in [0.2, 0.25) is 13.4 Å². The highest BCUT2D eigenvalue weighted by molar-refractivity contribution is 7.00. The number of benzene rings is 10. The van der Waals surface area contributed by atoms with Crippen molar-refractivity contribution in [1.82, 2.24) is 4.57 Å². The van der Waals surface area contributed by atoms with Gasteiger partial charge in [0, 0.05) is 50.6 Å². The number of rotatable bonds is 9. The van der Waals surface area contributed by atoms with Crippen LogP contribution in [-0.4, -0.2) is 23.5 Å². The molecule has 0 fully saturated rings. The van der Waals surface area contributed by atoms with Crippen LogP contribution in [-0.2, 0) is 5.41 Å². The minimum atomic E-state index is -0.468. The van der Waals surface area contributed by atoms with Gasteiger partial charge in [-0.3, -0.25) is 0 Å². The summed E-state index contributed by atoms with van der Waals surface area (Å²) >= 11 is 0. The van der Waals surface area contributed by atoms with Gasteiger partial charge in [-0.1, -0.05) is 225 Å². The van der Waals surface area contributed by atoms with E-state index in [9.17, 15) is 0 Å². The van der Waals surface area contributed by atoms with Gasteiger partial charge in [-0.25, -0.2) is 0 Å². The Morgan fingerprint density at radius 3 is 1.29 bits per heavy atom. The summed E-state index contributed by atoms with van der Waals surface area (Å²) in [6, 6.07) is 80.0. The van der Waals surface area contributed by atoms with Crippen LogP contribution in [0.15, 0.2) is 224 Å². The average molecular weight is 1090 g/mol. The lowest BCUT2D eigenvalue weighted by molar-refractivity contribution is 0.261. The first-order valence-electron chi connectivity index (χ1n) is 30.2. The molecule has 0 aliphatic carbocycles. The van der Waals surface area contributed by atoms with Gasteiger partial charge < -0.3 is 19.3 Å². The van der Waals surface area contributed by atoms with E-state index in [0.29, 0.717) is 0 Å². The smallest absolute Gasteiger partial charge is 0.247 e. The predicted molar refractivity (Wildman–Crippen MR) is 365 cm³/mol. The normalized spacial score (nSPS) is 14.9. The maximum atomic E-state index is 2.80. The molecule has 0 amide bonds. The van der Waals surface area contributed by atoms with E-state index in [1.165, 1.54) is 88.4 Å². The molecule has 1 atom stereocenters. The molecule has 1 aromatic heterocycles. The van der Waals surface area contributed by atoms with Gasteiger partial charge in [-0.05, 0) is 160 Å². The van der Waals surface area contributed by atoms with E-state index in [1.54, 1.807) is 0 Å². The lowest BCUT2D eigenvalue weighted by atomic mass is 9.31. The number of hydrogen-bond acceptors (Lipinski definition) is 3.